The second kappa shape index (κ2) is 5.38. The molecule has 0 amide bonds. The molecule has 162 valence electrons. The molecule has 0 radical (unpaired) electrons. The van der Waals surface area contributed by atoms with Gasteiger partial charge in [0.25, 0.3) is 6.18 Å². The molecule has 15 atom stereocenters. The van der Waals surface area contributed by atoms with Crippen LogP contribution in [0.2, 0.25) is 0 Å². The summed E-state index contributed by atoms with van der Waals surface area (Å²) < 4.78 is 38.9. The van der Waals surface area contributed by atoms with Crippen molar-refractivity contribution in [1.82, 2.24) is 0 Å². The van der Waals surface area contributed by atoms with Gasteiger partial charge >= 0.3 is 0 Å². The predicted molar refractivity (Wildman–Crippen MR) is 101 cm³/mol. The molecule has 0 aromatic heterocycles. The Morgan fingerprint density at radius 1 is 0.633 bits per heavy atom. The van der Waals surface area contributed by atoms with Crippen molar-refractivity contribution in [2.45, 2.75) is 57.5 Å². The molecule has 0 heterocycles. The molecule has 0 saturated heterocycles. The maximum Gasteiger partial charge on any atom is 0.294 e. The quantitative estimate of drug-likeness (QED) is 0.285. The fraction of sp³-hybridized carbons (Fsp3) is 0.960. The van der Waals surface area contributed by atoms with Crippen LogP contribution >= 0.6 is 0 Å². The Balaban J connectivity index is 0.00000162. The van der Waals surface area contributed by atoms with Gasteiger partial charge in [0.15, 0.2) is 0 Å². The first kappa shape index (κ1) is 18.3. The van der Waals surface area contributed by atoms with Crippen LogP contribution in [0.15, 0.2) is 0 Å². The van der Waals surface area contributed by atoms with Gasteiger partial charge < -0.3 is 5.11 Å². The molecule has 8 rings (SSSR count). The van der Waals surface area contributed by atoms with E-state index in [-0.39, 0.29) is 12.3 Å². The average molecular weight is 673 g/mol. The molecule has 0 aliphatic heterocycles. The second-order valence-corrected chi connectivity index (χ2v) is 12.7. The Morgan fingerprint density at radius 3 is 1.70 bits per heavy atom. The van der Waals surface area contributed by atoms with Gasteiger partial charge in [-0.05, 0) is 128 Å². The van der Waals surface area contributed by atoms with E-state index in [0.29, 0.717) is 17.8 Å². The van der Waals surface area contributed by atoms with E-state index in [1.54, 1.807) is 0 Å². The summed E-state index contributed by atoms with van der Waals surface area (Å²) in [6.45, 7) is 0. The van der Waals surface area contributed by atoms with Crippen molar-refractivity contribution in [3.63, 3.8) is 0 Å². The van der Waals surface area contributed by atoms with Crippen molar-refractivity contribution in [2.75, 3.05) is 0 Å². The molecular weight excluding hydrogens is 640 g/mol. The summed E-state index contributed by atoms with van der Waals surface area (Å²) in [6, 6.07) is 0. The average Bonchev–Trinajstić information content (AvgIpc) is 3.51. The molecule has 1 nitrogen and oxygen atoms in total. The predicted octanol–water partition coefficient (Wildman–Crippen LogP) is 5.93. The normalized spacial score (nSPS) is 62.9. The molecular formula is C25H32F3ORf-. The SMILES string of the molecule is O[C-](CC1CC2CC1C1C3CC(C21)C1C2CC(C4C5CCC(C5)C24)C31)C(F)(F)F.[Rf]. The van der Waals surface area contributed by atoms with Crippen molar-refractivity contribution in [3.8, 4) is 0 Å². The van der Waals surface area contributed by atoms with Gasteiger partial charge in [-0.25, -0.2) is 13.2 Å². The number of aliphatic hydroxyl groups excluding tert-OH is 1. The summed E-state index contributed by atoms with van der Waals surface area (Å²) in [5.41, 5.74) is 0. The van der Waals surface area contributed by atoms with Crippen molar-refractivity contribution >= 4 is 0 Å². The minimum atomic E-state index is -4.53. The third kappa shape index (κ3) is 1.86. The number of hydrogen-bond donors (Lipinski definition) is 1. The van der Waals surface area contributed by atoms with Crippen LogP contribution in [0.4, 0.5) is 13.2 Å². The van der Waals surface area contributed by atoms with Gasteiger partial charge in [0.1, 0.15) is 0 Å². The zero-order valence-electron chi connectivity index (χ0n) is 17.6. The van der Waals surface area contributed by atoms with E-state index >= 15 is 0 Å². The summed E-state index contributed by atoms with van der Waals surface area (Å²) in [5, 5.41) is 9.64. The van der Waals surface area contributed by atoms with Gasteiger partial charge in [-0.15, -0.1) is 6.42 Å². The Kier molecular flexibility index (Phi) is 3.29. The van der Waals surface area contributed by atoms with Crippen molar-refractivity contribution in [1.29, 1.82) is 0 Å². The van der Waals surface area contributed by atoms with Gasteiger partial charge in [-0.1, -0.05) is 12.0 Å². The summed E-state index contributed by atoms with van der Waals surface area (Å²) in [7, 11) is 0. The summed E-state index contributed by atoms with van der Waals surface area (Å²) in [6.07, 6.45) is 3.75. The first-order valence-corrected chi connectivity index (χ1v) is 12.5. The van der Waals surface area contributed by atoms with E-state index < -0.39 is 12.3 Å². The number of fused-ring (bicyclic) bond motifs is 23. The van der Waals surface area contributed by atoms with Crippen molar-refractivity contribution in [3.05, 3.63) is 6.10 Å². The van der Waals surface area contributed by atoms with Crippen LogP contribution in [0.1, 0.15) is 51.4 Å². The molecule has 15 unspecified atom stereocenters. The first-order valence-electron chi connectivity index (χ1n) is 12.5. The van der Waals surface area contributed by atoms with Gasteiger partial charge in [0.05, 0.1) is 0 Å². The van der Waals surface area contributed by atoms with Crippen LogP contribution in [0, 0.1) is 94.9 Å². The molecule has 1 N–H and O–H groups in total. The van der Waals surface area contributed by atoms with Crippen LogP contribution < -0.4 is 0 Å². The van der Waals surface area contributed by atoms with Crippen molar-refractivity contribution in [2.24, 2.45) is 88.8 Å². The molecule has 8 bridgehead atoms. The molecule has 8 aliphatic rings. The monoisotopic (exact) mass is 672 g/mol. The van der Waals surface area contributed by atoms with E-state index in [4.69, 9.17) is 0 Å². The zero-order chi connectivity index (χ0) is 19.4. The van der Waals surface area contributed by atoms with Crippen LogP contribution in [-0.4, -0.2) is 11.3 Å². The van der Waals surface area contributed by atoms with E-state index in [2.05, 4.69) is 0 Å². The Bertz CT molecular complexity index is 755. The van der Waals surface area contributed by atoms with Gasteiger partial charge in [0, 0.05) is 0 Å². The third-order valence-corrected chi connectivity index (χ3v) is 12.6. The second-order valence-electron chi connectivity index (χ2n) is 12.7. The number of alkyl halides is 3. The fourth-order valence-electron chi connectivity index (χ4n) is 12.8. The standard InChI is InChI=1S/C25H32F3O.Rf/c26-25(27,28)18(29)6-11-4-12-5-13(11)22-17-8-16(21(12)22)23-14-7-15(24(17)23)20-10-2-1-9(3-10)19(14)20;/h9-17,19-24,29H,1-8H2;/q-1;. The van der Waals surface area contributed by atoms with Gasteiger partial charge in [-0.2, -0.15) is 0 Å². The minimum absolute atomic E-state index is 0. The topological polar surface area (TPSA) is 20.2 Å². The molecule has 5 heteroatoms. The number of halogens is 3. The summed E-state index contributed by atoms with van der Waals surface area (Å²) >= 11 is 0. The maximum atomic E-state index is 13.0. The maximum absolute atomic E-state index is 13.0. The van der Waals surface area contributed by atoms with Crippen LogP contribution in [0.5, 0.6) is 0 Å². The minimum Gasteiger partial charge on any atom is -0.554 e. The summed E-state index contributed by atoms with van der Waals surface area (Å²) in [5.74, 6) is 12.7. The Morgan fingerprint density at radius 2 is 1.13 bits per heavy atom. The summed E-state index contributed by atoms with van der Waals surface area (Å²) in [4.78, 5) is 0. The smallest absolute Gasteiger partial charge is 0.294 e. The Labute approximate surface area is 171 Å². The zero-order valence-corrected chi connectivity index (χ0v) is 24.0. The fourth-order valence-corrected chi connectivity index (χ4v) is 12.8. The van der Waals surface area contributed by atoms with Crippen LogP contribution in [-0.2, 0) is 0 Å². The molecule has 8 aliphatic carbocycles. The number of rotatable bonds is 2. The molecule has 0 aromatic rings. The van der Waals surface area contributed by atoms with E-state index in [9.17, 15) is 18.3 Å². The first-order chi connectivity index (χ1) is 13.9. The number of hydrogen-bond acceptors (Lipinski definition) is 1. The van der Waals surface area contributed by atoms with Crippen molar-refractivity contribution < 1.29 is 18.3 Å². The van der Waals surface area contributed by atoms with E-state index in [0.717, 1.165) is 71.5 Å². The molecule has 8 fully saturated rings. The Hall–Kier alpha value is -1.25. The van der Waals surface area contributed by atoms with E-state index in [1.807, 2.05) is 0 Å². The molecule has 0 aromatic carbocycles. The molecule has 8 saturated carbocycles. The van der Waals surface area contributed by atoms with Gasteiger partial charge in [0.2, 0.25) is 0 Å². The van der Waals surface area contributed by atoms with E-state index in [1.165, 1.54) is 38.5 Å². The molecule has 0 spiro atoms. The largest absolute Gasteiger partial charge is 0.554 e. The third-order valence-electron chi connectivity index (χ3n) is 12.6. The van der Waals surface area contributed by atoms with Crippen LogP contribution in [0.3, 0.4) is 0 Å². The van der Waals surface area contributed by atoms with Crippen LogP contribution in [0.25, 0.3) is 0 Å². The van der Waals surface area contributed by atoms with Gasteiger partial charge in [-0.3, -0.25) is 0 Å². The number of aliphatic hydroxyl groups is 1. The molecule has 30 heavy (non-hydrogen) atoms.